The van der Waals surface area contributed by atoms with Crippen LogP contribution in [0.2, 0.25) is 0 Å². The van der Waals surface area contributed by atoms with E-state index in [9.17, 15) is 9.59 Å². The van der Waals surface area contributed by atoms with Crippen molar-refractivity contribution in [3.63, 3.8) is 0 Å². The van der Waals surface area contributed by atoms with Gasteiger partial charge in [0.15, 0.2) is 0 Å². The predicted octanol–water partition coefficient (Wildman–Crippen LogP) is 3.40. The molecule has 1 aliphatic heterocycles. The summed E-state index contributed by atoms with van der Waals surface area (Å²) in [4.78, 5) is 28.3. The molecule has 2 amide bonds. The largest absolute Gasteiger partial charge is 0.497 e. The summed E-state index contributed by atoms with van der Waals surface area (Å²) in [6.07, 6.45) is 1.93. The van der Waals surface area contributed by atoms with Gasteiger partial charge >= 0.3 is 0 Å². The summed E-state index contributed by atoms with van der Waals surface area (Å²) in [7, 11) is 3.10. The number of nitrogens with zero attached hydrogens (tertiary/aromatic N) is 1. The Hall–Kier alpha value is -3.02. The molecule has 0 aromatic heterocycles. The molecule has 4 rings (SSSR count). The number of anilines is 2. The Morgan fingerprint density at radius 1 is 1.11 bits per heavy atom. The highest BCUT2D eigenvalue weighted by atomic mass is 16.5. The lowest BCUT2D eigenvalue weighted by molar-refractivity contribution is -0.132. The molecule has 6 heteroatoms. The summed E-state index contributed by atoms with van der Waals surface area (Å²) >= 11 is 0. The second-order valence-corrected chi connectivity index (χ2v) is 7.46. The number of carbonyl (C=O) groups is 2. The minimum Gasteiger partial charge on any atom is -0.497 e. The Morgan fingerprint density at radius 2 is 1.86 bits per heavy atom. The second kappa shape index (κ2) is 6.86. The smallest absolute Gasteiger partial charge is 0.242 e. The van der Waals surface area contributed by atoms with Crippen molar-refractivity contribution < 1.29 is 19.1 Å². The number of nitrogens with one attached hydrogen (secondary N) is 1. The summed E-state index contributed by atoms with van der Waals surface area (Å²) < 4.78 is 10.5. The first kappa shape index (κ1) is 18.3. The van der Waals surface area contributed by atoms with E-state index < -0.39 is 5.41 Å². The molecule has 0 spiro atoms. The Bertz CT molecular complexity index is 936. The fraction of sp³-hybridized carbons (Fsp3) is 0.364. The van der Waals surface area contributed by atoms with Crippen LogP contribution >= 0.6 is 0 Å². The van der Waals surface area contributed by atoms with E-state index in [0.717, 1.165) is 17.7 Å². The van der Waals surface area contributed by atoms with Crippen LogP contribution < -0.4 is 19.7 Å². The maximum atomic E-state index is 13.4. The predicted molar refractivity (Wildman–Crippen MR) is 107 cm³/mol. The van der Waals surface area contributed by atoms with E-state index in [4.69, 9.17) is 9.47 Å². The SMILES string of the molecule is COc1ccc(NC(=O)C2(C(=O)N3c4ccccc4CC3C)CC2)c(OC)c1. The van der Waals surface area contributed by atoms with E-state index in [-0.39, 0.29) is 17.9 Å². The van der Waals surface area contributed by atoms with Crippen molar-refractivity contribution in [3.05, 3.63) is 48.0 Å². The highest BCUT2D eigenvalue weighted by molar-refractivity contribution is 6.18. The lowest BCUT2D eigenvalue weighted by atomic mass is 10.0. The van der Waals surface area contributed by atoms with E-state index in [2.05, 4.69) is 5.32 Å². The van der Waals surface area contributed by atoms with Crippen LogP contribution in [0.5, 0.6) is 11.5 Å². The third-order valence-corrected chi connectivity index (χ3v) is 5.68. The standard InChI is InChI=1S/C22H24N2O4/c1-14-12-15-6-4-5-7-18(15)24(14)21(26)22(10-11-22)20(25)23-17-9-8-16(27-2)13-19(17)28-3/h4-9,13-14H,10-12H2,1-3H3,(H,23,25). The van der Waals surface area contributed by atoms with Crippen LogP contribution in [0.3, 0.4) is 0 Å². The highest BCUT2D eigenvalue weighted by Crippen LogP contribution is 2.50. The zero-order valence-corrected chi connectivity index (χ0v) is 16.3. The molecule has 1 fully saturated rings. The van der Waals surface area contributed by atoms with Gasteiger partial charge in [-0.05, 0) is 49.9 Å². The van der Waals surface area contributed by atoms with Gasteiger partial charge in [0.05, 0.1) is 19.9 Å². The van der Waals surface area contributed by atoms with Crippen LogP contribution in [0.1, 0.15) is 25.3 Å². The Balaban J connectivity index is 1.58. The fourth-order valence-corrected chi connectivity index (χ4v) is 3.91. The second-order valence-electron chi connectivity index (χ2n) is 7.46. The summed E-state index contributed by atoms with van der Waals surface area (Å²) in [6, 6.07) is 13.1. The van der Waals surface area contributed by atoms with Gasteiger partial charge in [0.2, 0.25) is 11.8 Å². The molecular weight excluding hydrogens is 356 g/mol. The van der Waals surface area contributed by atoms with Crippen molar-refractivity contribution >= 4 is 23.2 Å². The minimum atomic E-state index is -1.00. The number of ether oxygens (including phenoxy) is 2. The third kappa shape index (κ3) is 2.89. The number of rotatable bonds is 5. The maximum absolute atomic E-state index is 13.4. The molecule has 2 aromatic carbocycles. The molecule has 2 aromatic rings. The number of benzene rings is 2. The summed E-state index contributed by atoms with van der Waals surface area (Å²) in [6.45, 7) is 2.03. The van der Waals surface area contributed by atoms with Gasteiger partial charge in [-0.2, -0.15) is 0 Å². The van der Waals surface area contributed by atoms with Crippen molar-refractivity contribution in [1.82, 2.24) is 0 Å². The fourth-order valence-electron chi connectivity index (χ4n) is 3.91. The van der Waals surface area contributed by atoms with Gasteiger partial charge in [-0.3, -0.25) is 9.59 Å². The zero-order valence-electron chi connectivity index (χ0n) is 16.3. The van der Waals surface area contributed by atoms with E-state index in [1.807, 2.05) is 31.2 Å². The van der Waals surface area contributed by atoms with Crippen LogP contribution in [-0.2, 0) is 16.0 Å². The topological polar surface area (TPSA) is 67.9 Å². The molecule has 1 unspecified atom stereocenters. The first-order valence-corrected chi connectivity index (χ1v) is 9.45. The van der Waals surface area contributed by atoms with Gasteiger partial charge in [-0.15, -0.1) is 0 Å². The third-order valence-electron chi connectivity index (χ3n) is 5.68. The molecule has 2 aliphatic rings. The minimum absolute atomic E-state index is 0.0469. The van der Waals surface area contributed by atoms with Crippen molar-refractivity contribution in [1.29, 1.82) is 0 Å². The molecule has 0 radical (unpaired) electrons. The van der Waals surface area contributed by atoms with Crippen molar-refractivity contribution in [2.45, 2.75) is 32.2 Å². The van der Waals surface area contributed by atoms with E-state index in [1.165, 1.54) is 7.11 Å². The zero-order chi connectivity index (χ0) is 19.9. The van der Waals surface area contributed by atoms with E-state index >= 15 is 0 Å². The normalized spacial score (nSPS) is 19.0. The summed E-state index contributed by atoms with van der Waals surface area (Å²) in [5.41, 5.74) is 1.59. The monoisotopic (exact) mass is 380 g/mol. The molecule has 0 bridgehead atoms. The van der Waals surface area contributed by atoms with E-state index in [1.54, 1.807) is 30.2 Å². The number of methoxy groups -OCH3 is 2. The number of carbonyl (C=O) groups excluding carboxylic acids is 2. The molecule has 1 aliphatic carbocycles. The number of hydrogen-bond donors (Lipinski definition) is 1. The molecule has 146 valence electrons. The molecule has 1 N–H and O–H groups in total. The van der Waals surface area contributed by atoms with Crippen LogP contribution in [0.4, 0.5) is 11.4 Å². The molecule has 0 saturated heterocycles. The van der Waals surface area contributed by atoms with Crippen LogP contribution in [-0.4, -0.2) is 32.1 Å². The summed E-state index contributed by atoms with van der Waals surface area (Å²) in [5, 5.41) is 2.89. The van der Waals surface area contributed by atoms with Gasteiger partial charge in [0.25, 0.3) is 0 Å². The van der Waals surface area contributed by atoms with Crippen molar-refractivity contribution in [2.24, 2.45) is 5.41 Å². The van der Waals surface area contributed by atoms with Crippen LogP contribution in [0.15, 0.2) is 42.5 Å². The number of fused-ring (bicyclic) bond motifs is 1. The highest BCUT2D eigenvalue weighted by Gasteiger charge is 2.59. The Labute approximate surface area is 164 Å². The van der Waals surface area contributed by atoms with Gasteiger partial charge in [0, 0.05) is 17.8 Å². The van der Waals surface area contributed by atoms with Gasteiger partial charge < -0.3 is 19.7 Å². The number of hydrogen-bond acceptors (Lipinski definition) is 4. The first-order chi connectivity index (χ1) is 13.5. The van der Waals surface area contributed by atoms with Crippen molar-refractivity contribution in [2.75, 3.05) is 24.4 Å². The lowest BCUT2D eigenvalue weighted by Gasteiger charge is -2.27. The average molecular weight is 380 g/mol. The molecule has 6 nitrogen and oxygen atoms in total. The van der Waals surface area contributed by atoms with E-state index in [0.29, 0.717) is 30.0 Å². The maximum Gasteiger partial charge on any atom is 0.242 e. The molecular formula is C22H24N2O4. The molecule has 1 atom stereocenters. The average Bonchev–Trinajstić information content (AvgIpc) is 3.45. The first-order valence-electron chi connectivity index (χ1n) is 9.45. The van der Waals surface area contributed by atoms with Crippen LogP contribution in [0, 0.1) is 5.41 Å². The van der Waals surface area contributed by atoms with Gasteiger partial charge in [0.1, 0.15) is 16.9 Å². The van der Waals surface area contributed by atoms with Crippen molar-refractivity contribution in [3.8, 4) is 11.5 Å². The molecule has 1 saturated carbocycles. The van der Waals surface area contributed by atoms with Crippen LogP contribution in [0.25, 0.3) is 0 Å². The van der Waals surface area contributed by atoms with Gasteiger partial charge in [-0.25, -0.2) is 0 Å². The quantitative estimate of drug-likeness (QED) is 0.808. The number of para-hydroxylation sites is 1. The molecule has 1 heterocycles. The summed E-state index contributed by atoms with van der Waals surface area (Å²) in [5.74, 6) is 0.734. The lowest BCUT2D eigenvalue weighted by Crippen LogP contribution is -2.45. The molecule has 28 heavy (non-hydrogen) atoms. The Morgan fingerprint density at radius 3 is 2.54 bits per heavy atom. The van der Waals surface area contributed by atoms with Gasteiger partial charge in [-0.1, -0.05) is 18.2 Å². The Kier molecular flexibility index (Phi) is 4.49. The number of amides is 2.